The molecule has 1 aromatic carbocycles. The third-order valence-corrected chi connectivity index (χ3v) is 3.09. The number of hydrogen-bond acceptors (Lipinski definition) is 4. The normalized spacial score (nSPS) is 10.7. The van der Waals surface area contributed by atoms with Crippen molar-refractivity contribution in [1.82, 2.24) is 14.6 Å². The smallest absolute Gasteiger partial charge is 0.175 e. The third-order valence-electron chi connectivity index (χ3n) is 2.85. The van der Waals surface area contributed by atoms with Gasteiger partial charge in [0.15, 0.2) is 11.5 Å². The lowest BCUT2D eigenvalue weighted by molar-refractivity contribution is 0.292. The van der Waals surface area contributed by atoms with Crippen molar-refractivity contribution in [1.29, 1.82) is 0 Å². The first-order chi connectivity index (χ1) is 9.76. The number of pyridine rings is 1. The number of fused-ring (bicyclic) bond motifs is 1. The number of rotatable bonds is 4. The molecule has 3 aromatic rings. The van der Waals surface area contributed by atoms with Gasteiger partial charge in [0.05, 0.1) is 7.11 Å². The number of benzene rings is 1. The summed E-state index contributed by atoms with van der Waals surface area (Å²) < 4.78 is 12.7. The Kier molecular flexibility index (Phi) is 3.43. The first-order valence-corrected chi connectivity index (χ1v) is 6.40. The average molecular weight is 290 g/mol. The van der Waals surface area contributed by atoms with E-state index < -0.39 is 0 Å². The van der Waals surface area contributed by atoms with E-state index in [9.17, 15) is 0 Å². The quantitative estimate of drug-likeness (QED) is 0.741. The largest absolute Gasteiger partial charge is 0.497 e. The monoisotopic (exact) mass is 289 g/mol. The van der Waals surface area contributed by atoms with Gasteiger partial charge in [0.1, 0.15) is 18.1 Å². The Morgan fingerprint density at radius 1 is 1.15 bits per heavy atom. The SMILES string of the molecule is COc1cccc(OCc2nnc3cc(Cl)ccn23)c1. The molecule has 6 heteroatoms. The number of aromatic nitrogens is 3. The van der Waals surface area contributed by atoms with Crippen LogP contribution in [0.2, 0.25) is 5.02 Å². The van der Waals surface area contributed by atoms with Crippen molar-refractivity contribution in [2.24, 2.45) is 0 Å². The first-order valence-electron chi connectivity index (χ1n) is 6.02. The maximum Gasteiger partial charge on any atom is 0.175 e. The van der Waals surface area contributed by atoms with E-state index in [1.54, 1.807) is 19.2 Å². The van der Waals surface area contributed by atoms with Gasteiger partial charge in [0.25, 0.3) is 0 Å². The van der Waals surface area contributed by atoms with E-state index in [-0.39, 0.29) is 0 Å². The summed E-state index contributed by atoms with van der Waals surface area (Å²) in [5.41, 5.74) is 0.696. The van der Waals surface area contributed by atoms with Crippen molar-refractivity contribution < 1.29 is 9.47 Å². The van der Waals surface area contributed by atoms with Gasteiger partial charge in [-0.25, -0.2) is 0 Å². The molecule has 0 amide bonds. The van der Waals surface area contributed by atoms with Crippen LogP contribution >= 0.6 is 11.6 Å². The molecule has 0 fully saturated rings. The van der Waals surface area contributed by atoms with Crippen LogP contribution in [-0.2, 0) is 6.61 Å². The van der Waals surface area contributed by atoms with E-state index in [1.807, 2.05) is 34.9 Å². The van der Waals surface area contributed by atoms with Crippen molar-refractivity contribution >= 4 is 17.2 Å². The molecule has 0 saturated carbocycles. The van der Waals surface area contributed by atoms with Crippen molar-refractivity contribution in [3.8, 4) is 11.5 Å². The van der Waals surface area contributed by atoms with Gasteiger partial charge in [-0.2, -0.15) is 0 Å². The molecule has 2 heterocycles. The fourth-order valence-corrected chi connectivity index (χ4v) is 2.01. The van der Waals surface area contributed by atoms with Crippen LogP contribution in [0.15, 0.2) is 42.6 Å². The summed E-state index contributed by atoms with van der Waals surface area (Å²) in [6.07, 6.45) is 1.82. The second kappa shape index (κ2) is 5.38. The lowest BCUT2D eigenvalue weighted by atomic mass is 10.3. The topological polar surface area (TPSA) is 48.7 Å². The summed E-state index contributed by atoms with van der Waals surface area (Å²) in [5, 5.41) is 8.77. The second-order valence-corrected chi connectivity index (χ2v) is 4.59. The van der Waals surface area contributed by atoms with E-state index in [2.05, 4.69) is 10.2 Å². The molecule has 0 bridgehead atoms. The maximum absolute atomic E-state index is 5.91. The van der Waals surface area contributed by atoms with Crippen LogP contribution in [0.4, 0.5) is 0 Å². The van der Waals surface area contributed by atoms with Gasteiger partial charge < -0.3 is 9.47 Å². The molecular formula is C14H12ClN3O2. The molecule has 20 heavy (non-hydrogen) atoms. The highest BCUT2D eigenvalue weighted by molar-refractivity contribution is 6.30. The van der Waals surface area contributed by atoms with Gasteiger partial charge in [0, 0.05) is 23.4 Å². The van der Waals surface area contributed by atoms with Crippen molar-refractivity contribution in [2.75, 3.05) is 7.11 Å². The minimum absolute atomic E-state index is 0.315. The minimum Gasteiger partial charge on any atom is -0.497 e. The Morgan fingerprint density at radius 2 is 2.00 bits per heavy atom. The zero-order valence-electron chi connectivity index (χ0n) is 10.8. The van der Waals surface area contributed by atoms with Crippen molar-refractivity contribution in [2.45, 2.75) is 6.61 Å². The van der Waals surface area contributed by atoms with Gasteiger partial charge in [-0.05, 0) is 18.2 Å². The summed E-state index contributed by atoms with van der Waals surface area (Å²) in [4.78, 5) is 0. The Hall–Kier alpha value is -2.27. The summed E-state index contributed by atoms with van der Waals surface area (Å²) >= 11 is 5.91. The van der Waals surface area contributed by atoms with Gasteiger partial charge in [0.2, 0.25) is 0 Å². The predicted molar refractivity (Wildman–Crippen MR) is 75.3 cm³/mol. The molecule has 0 atom stereocenters. The fourth-order valence-electron chi connectivity index (χ4n) is 1.85. The first kappa shape index (κ1) is 12.7. The van der Waals surface area contributed by atoms with Crippen LogP contribution in [0.5, 0.6) is 11.5 Å². The molecule has 0 N–H and O–H groups in total. The third kappa shape index (κ3) is 2.53. The molecule has 0 spiro atoms. The van der Waals surface area contributed by atoms with E-state index >= 15 is 0 Å². The molecule has 0 unspecified atom stereocenters. The maximum atomic E-state index is 5.91. The molecular weight excluding hydrogens is 278 g/mol. The van der Waals surface area contributed by atoms with E-state index in [1.165, 1.54) is 0 Å². The van der Waals surface area contributed by atoms with Crippen LogP contribution in [-0.4, -0.2) is 21.7 Å². The van der Waals surface area contributed by atoms with E-state index in [0.29, 0.717) is 23.1 Å². The number of hydrogen-bond donors (Lipinski definition) is 0. The highest BCUT2D eigenvalue weighted by Gasteiger charge is 2.06. The Morgan fingerprint density at radius 3 is 2.85 bits per heavy atom. The fraction of sp³-hybridized carbons (Fsp3) is 0.143. The molecule has 2 aromatic heterocycles. The number of methoxy groups -OCH3 is 1. The highest BCUT2D eigenvalue weighted by atomic mass is 35.5. The number of nitrogens with zero attached hydrogens (tertiary/aromatic N) is 3. The van der Waals surface area contributed by atoms with Crippen molar-refractivity contribution in [3.63, 3.8) is 0 Å². The Balaban J connectivity index is 1.79. The number of ether oxygens (including phenoxy) is 2. The Labute approximate surface area is 120 Å². The number of halogens is 1. The highest BCUT2D eigenvalue weighted by Crippen LogP contribution is 2.20. The van der Waals surface area contributed by atoms with Gasteiger partial charge in [-0.3, -0.25) is 4.40 Å². The van der Waals surface area contributed by atoms with E-state index in [4.69, 9.17) is 21.1 Å². The summed E-state index contributed by atoms with van der Waals surface area (Å²) in [7, 11) is 1.62. The zero-order valence-corrected chi connectivity index (χ0v) is 11.5. The molecule has 0 aliphatic rings. The van der Waals surface area contributed by atoms with Crippen LogP contribution in [0.3, 0.4) is 0 Å². The van der Waals surface area contributed by atoms with Gasteiger partial charge in [-0.15, -0.1) is 10.2 Å². The van der Waals surface area contributed by atoms with Crippen LogP contribution < -0.4 is 9.47 Å². The minimum atomic E-state index is 0.315. The van der Waals surface area contributed by atoms with Crippen molar-refractivity contribution in [3.05, 3.63) is 53.4 Å². The molecule has 0 aliphatic heterocycles. The molecule has 0 saturated heterocycles. The second-order valence-electron chi connectivity index (χ2n) is 4.16. The molecule has 0 aliphatic carbocycles. The molecule has 5 nitrogen and oxygen atoms in total. The summed E-state index contributed by atoms with van der Waals surface area (Å²) in [6.45, 7) is 0.315. The van der Waals surface area contributed by atoms with E-state index in [0.717, 1.165) is 11.5 Å². The summed E-state index contributed by atoms with van der Waals surface area (Å²) in [6, 6.07) is 11.0. The van der Waals surface area contributed by atoms with Gasteiger partial charge in [-0.1, -0.05) is 17.7 Å². The molecule has 102 valence electrons. The average Bonchev–Trinajstić information content (AvgIpc) is 2.87. The Bertz CT molecular complexity index is 742. The lowest BCUT2D eigenvalue weighted by Gasteiger charge is -2.06. The van der Waals surface area contributed by atoms with Crippen LogP contribution in [0.25, 0.3) is 5.65 Å². The zero-order chi connectivity index (χ0) is 13.9. The molecule has 0 radical (unpaired) electrons. The van der Waals surface area contributed by atoms with Crippen LogP contribution in [0.1, 0.15) is 5.82 Å². The van der Waals surface area contributed by atoms with Crippen LogP contribution in [0, 0.1) is 0 Å². The molecule has 3 rings (SSSR count). The van der Waals surface area contributed by atoms with Gasteiger partial charge >= 0.3 is 0 Å². The standard InChI is InChI=1S/C14H12ClN3O2/c1-19-11-3-2-4-12(8-11)20-9-14-17-16-13-7-10(15)5-6-18(13)14/h2-8H,9H2,1H3. The summed E-state index contributed by atoms with van der Waals surface area (Å²) in [5.74, 6) is 2.18. The lowest BCUT2D eigenvalue weighted by Crippen LogP contribution is -2.01. The predicted octanol–water partition coefficient (Wildman–Crippen LogP) is 2.97.